The fourth-order valence-corrected chi connectivity index (χ4v) is 4.18. The van der Waals surface area contributed by atoms with Crippen molar-refractivity contribution in [3.8, 4) is 22.0 Å². The Balaban J connectivity index is 1.49. The maximum atomic E-state index is 13.3. The summed E-state index contributed by atoms with van der Waals surface area (Å²) in [6, 6.07) is 16.4. The van der Waals surface area contributed by atoms with E-state index in [1.165, 1.54) is 12.1 Å². The standard InChI is InChI=1S/C23H18FN5S/c1-14-25-13-21(30-14)18-11-10-17(12-26-18)27-19-4-3-5-20-22(19)28-23(29(20)2)15-6-8-16(24)9-7-15/h3-13,27H,1-2H3. The highest BCUT2D eigenvalue weighted by Crippen LogP contribution is 2.31. The second kappa shape index (κ2) is 7.35. The molecule has 148 valence electrons. The number of hydrogen-bond donors (Lipinski definition) is 1. The summed E-state index contributed by atoms with van der Waals surface area (Å²) in [6.07, 6.45) is 3.66. The lowest BCUT2D eigenvalue weighted by atomic mass is 10.2. The van der Waals surface area contributed by atoms with Crippen molar-refractivity contribution < 1.29 is 4.39 Å². The number of para-hydroxylation sites is 1. The number of thiazole rings is 1. The van der Waals surface area contributed by atoms with E-state index in [1.54, 1.807) is 23.5 Å². The molecule has 5 aromatic rings. The van der Waals surface area contributed by atoms with Crippen molar-refractivity contribution >= 4 is 33.7 Å². The molecule has 7 heteroatoms. The highest BCUT2D eigenvalue weighted by molar-refractivity contribution is 7.15. The van der Waals surface area contributed by atoms with E-state index in [0.717, 1.165) is 49.4 Å². The second-order valence-electron chi connectivity index (χ2n) is 6.98. The average molecular weight is 415 g/mol. The van der Waals surface area contributed by atoms with Crippen molar-refractivity contribution in [1.82, 2.24) is 19.5 Å². The van der Waals surface area contributed by atoms with E-state index in [2.05, 4.69) is 15.3 Å². The van der Waals surface area contributed by atoms with Gasteiger partial charge in [-0.05, 0) is 55.5 Å². The van der Waals surface area contributed by atoms with Crippen LogP contribution in [-0.2, 0) is 7.05 Å². The highest BCUT2D eigenvalue weighted by Gasteiger charge is 2.13. The van der Waals surface area contributed by atoms with Crippen LogP contribution in [0.3, 0.4) is 0 Å². The molecule has 3 heterocycles. The first-order chi connectivity index (χ1) is 14.6. The number of aromatic nitrogens is 4. The molecule has 0 spiro atoms. The van der Waals surface area contributed by atoms with Crippen LogP contribution < -0.4 is 5.32 Å². The number of benzene rings is 2. The van der Waals surface area contributed by atoms with Crippen molar-refractivity contribution in [1.29, 1.82) is 0 Å². The lowest BCUT2D eigenvalue weighted by molar-refractivity contribution is 0.628. The number of fused-ring (bicyclic) bond motifs is 1. The SMILES string of the molecule is Cc1ncc(-c2ccc(Nc3cccc4c3nc(-c3ccc(F)cc3)n4C)cn2)s1. The molecule has 3 aromatic heterocycles. The molecular weight excluding hydrogens is 397 g/mol. The van der Waals surface area contributed by atoms with Crippen LogP contribution in [0.4, 0.5) is 15.8 Å². The quantitative estimate of drug-likeness (QED) is 0.394. The van der Waals surface area contributed by atoms with Crippen LogP contribution >= 0.6 is 11.3 Å². The molecule has 0 bridgehead atoms. The van der Waals surface area contributed by atoms with Crippen molar-refractivity contribution in [2.24, 2.45) is 7.05 Å². The monoisotopic (exact) mass is 415 g/mol. The molecule has 0 aliphatic rings. The fraction of sp³-hybridized carbons (Fsp3) is 0.0870. The van der Waals surface area contributed by atoms with Gasteiger partial charge in [-0.1, -0.05) is 6.07 Å². The minimum absolute atomic E-state index is 0.260. The van der Waals surface area contributed by atoms with E-state index in [1.807, 2.05) is 61.3 Å². The van der Waals surface area contributed by atoms with Gasteiger partial charge in [-0.15, -0.1) is 11.3 Å². The van der Waals surface area contributed by atoms with Gasteiger partial charge in [-0.2, -0.15) is 0 Å². The maximum Gasteiger partial charge on any atom is 0.140 e. The molecular formula is C23H18FN5S. The lowest BCUT2D eigenvalue weighted by Crippen LogP contribution is -1.93. The number of pyridine rings is 1. The van der Waals surface area contributed by atoms with Crippen LogP contribution in [0.25, 0.3) is 33.0 Å². The Kier molecular flexibility index (Phi) is 4.52. The molecule has 0 aliphatic carbocycles. The van der Waals surface area contributed by atoms with Gasteiger partial charge in [0.15, 0.2) is 0 Å². The summed E-state index contributed by atoms with van der Waals surface area (Å²) in [5.74, 6) is 0.526. The normalized spacial score (nSPS) is 11.2. The van der Waals surface area contributed by atoms with Gasteiger partial charge in [-0.25, -0.2) is 14.4 Å². The molecule has 0 fully saturated rings. The minimum atomic E-state index is -0.260. The second-order valence-corrected chi connectivity index (χ2v) is 8.21. The molecule has 0 amide bonds. The summed E-state index contributed by atoms with van der Waals surface area (Å²) in [6.45, 7) is 1.98. The van der Waals surface area contributed by atoms with Gasteiger partial charge in [0.05, 0.1) is 38.7 Å². The third-order valence-corrected chi connectivity index (χ3v) is 5.87. The van der Waals surface area contributed by atoms with Crippen LogP contribution in [0, 0.1) is 12.7 Å². The van der Waals surface area contributed by atoms with Gasteiger partial charge < -0.3 is 9.88 Å². The Hall–Kier alpha value is -3.58. The molecule has 0 atom stereocenters. The Morgan fingerprint density at radius 1 is 0.967 bits per heavy atom. The highest BCUT2D eigenvalue weighted by atomic mass is 32.1. The molecule has 5 rings (SSSR count). The zero-order chi connectivity index (χ0) is 20.7. The van der Waals surface area contributed by atoms with Crippen molar-refractivity contribution in [3.63, 3.8) is 0 Å². The van der Waals surface area contributed by atoms with Gasteiger partial charge in [0, 0.05) is 18.8 Å². The number of nitrogens with zero attached hydrogens (tertiary/aromatic N) is 4. The molecule has 0 unspecified atom stereocenters. The van der Waals surface area contributed by atoms with Crippen LogP contribution in [0.2, 0.25) is 0 Å². The van der Waals surface area contributed by atoms with Crippen LogP contribution in [0.5, 0.6) is 0 Å². The van der Waals surface area contributed by atoms with E-state index < -0.39 is 0 Å². The fourth-order valence-electron chi connectivity index (χ4n) is 3.42. The van der Waals surface area contributed by atoms with Gasteiger partial charge in [0.1, 0.15) is 17.2 Å². The largest absolute Gasteiger partial charge is 0.352 e. The smallest absolute Gasteiger partial charge is 0.140 e. The number of nitrogens with one attached hydrogen (secondary N) is 1. The molecule has 2 aromatic carbocycles. The van der Waals surface area contributed by atoms with Gasteiger partial charge in [0.25, 0.3) is 0 Å². The van der Waals surface area contributed by atoms with Crippen molar-refractivity contribution in [3.05, 3.63) is 77.8 Å². The molecule has 0 saturated heterocycles. The van der Waals surface area contributed by atoms with Crippen LogP contribution in [0.15, 0.2) is 67.0 Å². The Morgan fingerprint density at radius 2 is 1.80 bits per heavy atom. The molecule has 0 aliphatic heterocycles. The summed E-state index contributed by atoms with van der Waals surface area (Å²) in [5.41, 5.74) is 5.37. The van der Waals surface area contributed by atoms with E-state index in [-0.39, 0.29) is 5.82 Å². The summed E-state index contributed by atoms with van der Waals surface area (Å²) >= 11 is 1.63. The summed E-state index contributed by atoms with van der Waals surface area (Å²) in [5, 5.41) is 4.44. The van der Waals surface area contributed by atoms with Crippen LogP contribution in [-0.4, -0.2) is 19.5 Å². The number of aryl methyl sites for hydroxylation is 2. The van der Waals surface area contributed by atoms with E-state index in [4.69, 9.17) is 4.98 Å². The molecule has 0 radical (unpaired) electrons. The van der Waals surface area contributed by atoms with Crippen molar-refractivity contribution in [2.75, 3.05) is 5.32 Å². The number of hydrogen-bond acceptors (Lipinski definition) is 5. The molecule has 30 heavy (non-hydrogen) atoms. The zero-order valence-corrected chi connectivity index (χ0v) is 17.2. The minimum Gasteiger partial charge on any atom is -0.352 e. The van der Waals surface area contributed by atoms with E-state index >= 15 is 0 Å². The number of imidazole rings is 1. The van der Waals surface area contributed by atoms with Gasteiger partial charge in [-0.3, -0.25) is 4.98 Å². The summed E-state index contributed by atoms with van der Waals surface area (Å²) in [4.78, 5) is 14.7. The van der Waals surface area contributed by atoms with Crippen LogP contribution in [0.1, 0.15) is 5.01 Å². The first kappa shape index (κ1) is 18.4. The lowest BCUT2D eigenvalue weighted by Gasteiger charge is -2.07. The Morgan fingerprint density at radius 3 is 2.50 bits per heavy atom. The number of anilines is 2. The Bertz CT molecular complexity index is 1340. The third-order valence-electron chi connectivity index (χ3n) is 4.93. The topological polar surface area (TPSA) is 55.6 Å². The summed E-state index contributed by atoms with van der Waals surface area (Å²) in [7, 11) is 1.96. The predicted octanol–water partition coefficient (Wildman–Crippen LogP) is 5.95. The summed E-state index contributed by atoms with van der Waals surface area (Å²) < 4.78 is 15.3. The Labute approximate surface area is 176 Å². The van der Waals surface area contributed by atoms with Gasteiger partial charge in [0.2, 0.25) is 0 Å². The number of halogens is 1. The maximum absolute atomic E-state index is 13.3. The molecule has 1 N–H and O–H groups in total. The van der Waals surface area contributed by atoms with Crippen molar-refractivity contribution in [2.45, 2.75) is 6.92 Å². The van der Waals surface area contributed by atoms with Gasteiger partial charge >= 0.3 is 0 Å². The van der Waals surface area contributed by atoms with E-state index in [9.17, 15) is 4.39 Å². The average Bonchev–Trinajstić information content (AvgIpc) is 3.34. The first-order valence-corrected chi connectivity index (χ1v) is 10.3. The molecule has 5 nitrogen and oxygen atoms in total. The van der Waals surface area contributed by atoms with E-state index in [0.29, 0.717) is 0 Å². The number of rotatable bonds is 4. The predicted molar refractivity (Wildman–Crippen MR) is 119 cm³/mol. The first-order valence-electron chi connectivity index (χ1n) is 9.46. The zero-order valence-electron chi connectivity index (χ0n) is 16.4. The molecule has 0 saturated carbocycles. The third kappa shape index (κ3) is 3.33.